The van der Waals surface area contributed by atoms with Gasteiger partial charge in [0.15, 0.2) is 0 Å². The summed E-state index contributed by atoms with van der Waals surface area (Å²) in [6, 6.07) is 22.3. The number of fused-ring (bicyclic) bond motifs is 1. The van der Waals surface area contributed by atoms with Gasteiger partial charge in [0, 0.05) is 15.4 Å². The van der Waals surface area contributed by atoms with E-state index in [0.29, 0.717) is 27.0 Å². The van der Waals surface area contributed by atoms with E-state index >= 15 is 0 Å². The van der Waals surface area contributed by atoms with Gasteiger partial charge in [0.05, 0.1) is 32.5 Å². The second-order valence-corrected chi connectivity index (χ2v) is 7.84. The fourth-order valence-corrected chi connectivity index (χ4v) is 3.70. The monoisotopic (exact) mass is 470 g/mol. The number of amides is 1. The molecule has 6 heteroatoms. The highest BCUT2D eigenvalue weighted by molar-refractivity contribution is 9.10. The number of hydrogen-bond acceptors (Lipinski definition) is 2. The molecule has 1 N–H and O–H groups in total. The van der Waals surface area contributed by atoms with Crippen LogP contribution in [-0.2, 0) is 0 Å². The van der Waals surface area contributed by atoms with Crippen molar-refractivity contribution in [2.45, 2.75) is 0 Å². The normalized spacial score (nSPS) is 10.8. The van der Waals surface area contributed by atoms with Gasteiger partial charge >= 0.3 is 0 Å². The molecule has 0 aliphatic heterocycles. The predicted octanol–water partition coefficient (Wildman–Crippen LogP) is 7.22. The second-order valence-electron chi connectivity index (χ2n) is 6.14. The largest absolute Gasteiger partial charge is 0.321 e. The summed E-state index contributed by atoms with van der Waals surface area (Å²) in [4.78, 5) is 17.8. The second kappa shape index (κ2) is 7.92. The summed E-state index contributed by atoms with van der Waals surface area (Å²) in [7, 11) is 0. The van der Waals surface area contributed by atoms with Gasteiger partial charge in [-0.05, 0) is 36.4 Å². The van der Waals surface area contributed by atoms with Gasteiger partial charge in [0.2, 0.25) is 0 Å². The van der Waals surface area contributed by atoms with Crippen LogP contribution in [0.2, 0.25) is 10.0 Å². The molecule has 0 saturated carbocycles. The molecule has 138 valence electrons. The Labute approximate surface area is 180 Å². The van der Waals surface area contributed by atoms with Gasteiger partial charge in [-0.25, -0.2) is 4.98 Å². The number of carbonyl (C=O) groups is 1. The summed E-state index contributed by atoms with van der Waals surface area (Å²) in [6.45, 7) is 0. The van der Waals surface area contributed by atoms with E-state index in [1.807, 2.05) is 48.5 Å². The summed E-state index contributed by atoms with van der Waals surface area (Å²) in [5, 5.41) is 4.31. The molecule has 0 unspecified atom stereocenters. The predicted molar refractivity (Wildman–Crippen MR) is 119 cm³/mol. The fourth-order valence-electron chi connectivity index (χ4n) is 2.95. The standard InChI is InChI=1S/C22H13BrCl2N2O/c23-14-6-3-5-13(11-14)20-12-16(15-7-1-2-9-18(15)26-20)22(28)27-19-10-4-8-17(24)21(19)25/h1-12H,(H,27,28). The first-order chi connectivity index (χ1) is 13.5. The van der Waals surface area contributed by atoms with Crippen molar-refractivity contribution in [1.82, 2.24) is 4.98 Å². The minimum Gasteiger partial charge on any atom is -0.321 e. The van der Waals surface area contributed by atoms with E-state index in [1.54, 1.807) is 24.3 Å². The highest BCUT2D eigenvalue weighted by atomic mass is 79.9. The molecule has 1 heterocycles. The smallest absolute Gasteiger partial charge is 0.256 e. The molecule has 4 rings (SSSR count). The Morgan fingerprint density at radius 3 is 2.54 bits per heavy atom. The number of carbonyl (C=O) groups excluding carboxylic acids is 1. The average molecular weight is 472 g/mol. The van der Waals surface area contributed by atoms with Gasteiger partial charge in [-0.15, -0.1) is 0 Å². The lowest BCUT2D eigenvalue weighted by molar-refractivity contribution is 0.102. The molecule has 0 aliphatic rings. The van der Waals surface area contributed by atoms with Crippen molar-refractivity contribution in [2.24, 2.45) is 0 Å². The maximum absolute atomic E-state index is 13.1. The fraction of sp³-hybridized carbons (Fsp3) is 0. The van der Waals surface area contributed by atoms with Gasteiger partial charge in [-0.2, -0.15) is 0 Å². The van der Waals surface area contributed by atoms with Crippen LogP contribution in [0.1, 0.15) is 10.4 Å². The zero-order chi connectivity index (χ0) is 19.7. The first kappa shape index (κ1) is 18.9. The van der Waals surface area contributed by atoms with Crippen LogP contribution < -0.4 is 5.32 Å². The molecule has 4 aromatic rings. The summed E-state index contributed by atoms with van der Waals surface area (Å²) in [5.41, 5.74) is 3.33. The van der Waals surface area contributed by atoms with Crippen LogP contribution in [-0.4, -0.2) is 10.9 Å². The number of anilines is 1. The molecule has 28 heavy (non-hydrogen) atoms. The van der Waals surface area contributed by atoms with E-state index in [4.69, 9.17) is 28.2 Å². The molecule has 1 aromatic heterocycles. The van der Waals surface area contributed by atoms with E-state index in [2.05, 4.69) is 21.2 Å². The van der Waals surface area contributed by atoms with Crippen LogP contribution in [0.5, 0.6) is 0 Å². The number of nitrogens with zero attached hydrogens (tertiary/aromatic N) is 1. The third-order valence-electron chi connectivity index (χ3n) is 4.28. The molecular weight excluding hydrogens is 459 g/mol. The molecule has 1 amide bonds. The molecule has 0 fully saturated rings. The van der Waals surface area contributed by atoms with Crippen LogP contribution in [0.25, 0.3) is 22.2 Å². The Kier molecular flexibility index (Phi) is 5.36. The van der Waals surface area contributed by atoms with E-state index in [9.17, 15) is 4.79 Å². The summed E-state index contributed by atoms with van der Waals surface area (Å²) < 4.78 is 0.941. The van der Waals surface area contributed by atoms with Gasteiger partial charge in [0.1, 0.15) is 0 Å². The van der Waals surface area contributed by atoms with Gasteiger partial charge in [-0.3, -0.25) is 4.79 Å². The Morgan fingerprint density at radius 1 is 0.929 bits per heavy atom. The van der Waals surface area contributed by atoms with Crippen molar-refractivity contribution in [3.8, 4) is 11.3 Å². The van der Waals surface area contributed by atoms with Crippen molar-refractivity contribution in [2.75, 3.05) is 5.32 Å². The van der Waals surface area contributed by atoms with Gasteiger partial charge in [-0.1, -0.05) is 75.5 Å². The zero-order valence-electron chi connectivity index (χ0n) is 14.4. The number of rotatable bonds is 3. The number of aromatic nitrogens is 1. The Morgan fingerprint density at radius 2 is 1.71 bits per heavy atom. The number of hydrogen-bond donors (Lipinski definition) is 1. The highest BCUT2D eigenvalue weighted by Crippen LogP contribution is 2.31. The Balaban J connectivity index is 1.83. The summed E-state index contributed by atoms with van der Waals surface area (Å²) >= 11 is 15.8. The third-order valence-corrected chi connectivity index (χ3v) is 5.59. The molecular formula is C22H13BrCl2N2O. The first-order valence-corrected chi connectivity index (χ1v) is 9.99. The molecule has 0 aliphatic carbocycles. The highest BCUT2D eigenvalue weighted by Gasteiger charge is 2.16. The third kappa shape index (κ3) is 3.76. The van der Waals surface area contributed by atoms with Crippen LogP contribution in [0.3, 0.4) is 0 Å². The molecule has 0 radical (unpaired) electrons. The number of nitrogens with one attached hydrogen (secondary N) is 1. The van der Waals surface area contributed by atoms with E-state index < -0.39 is 0 Å². The van der Waals surface area contributed by atoms with Crippen LogP contribution >= 0.6 is 39.1 Å². The minimum atomic E-state index is -0.279. The maximum Gasteiger partial charge on any atom is 0.256 e. The van der Waals surface area contributed by atoms with Crippen molar-refractivity contribution in [1.29, 1.82) is 0 Å². The van der Waals surface area contributed by atoms with E-state index in [-0.39, 0.29) is 5.91 Å². The van der Waals surface area contributed by atoms with Crippen LogP contribution in [0.15, 0.2) is 77.3 Å². The average Bonchev–Trinajstić information content (AvgIpc) is 2.70. The van der Waals surface area contributed by atoms with Gasteiger partial charge < -0.3 is 5.32 Å². The van der Waals surface area contributed by atoms with Crippen molar-refractivity contribution >= 4 is 61.6 Å². The molecule has 0 bridgehead atoms. The first-order valence-electron chi connectivity index (χ1n) is 8.44. The molecule has 0 atom stereocenters. The summed E-state index contributed by atoms with van der Waals surface area (Å²) in [5.74, 6) is -0.279. The Bertz CT molecular complexity index is 1210. The van der Waals surface area contributed by atoms with Crippen LogP contribution in [0.4, 0.5) is 5.69 Å². The quantitative estimate of drug-likeness (QED) is 0.342. The zero-order valence-corrected chi connectivity index (χ0v) is 17.5. The van der Waals surface area contributed by atoms with Crippen LogP contribution in [0, 0.1) is 0 Å². The van der Waals surface area contributed by atoms with Gasteiger partial charge in [0.25, 0.3) is 5.91 Å². The number of para-hydroxylation sites is 1. The molecule has 0 saturated heterocycles. The lowest BCUT2D eigenvalue weighted by Crippen LogP contribution is -2.13. The van der Waals surface area contributed by atoms with Crippen molar-refractivity contribution < 1.29 is 4.79 Å². The SMILES string of the molecule is O=C(Nc1cccc(Cl)c1Cl)c1cc(-c2cccc(Br)c2)nc2ccccc12. The lowest BCUT2D eigenvalue weighted by Gasteiger charge is -2.12. The van der Waals surface area contributed by atoms with E-state index in [0.717, 1.165) is 20.9 Å². The molecule has 3 aromatic carbocycles. The minimum absolute atomic E-state index is 0.279. The number of pyridine rings is 1. The number of benzene rings is 3. The molecule has 0 spiro atoms. The summed E-state index contributed by atoms with van der Waals surface area (Å²) in [6.07, 6.45) is 0. The number of halogens is 3. The van der Waals surface area contributed by atoms with E-state index in [1.165, 1.54) is 0 Å². The molecule has 3 nitrogen and oxygen atoms in total. The Hall–Kier alpha value is -2.40. The van der Waals surface area contributed by atoms with Crippen molar-refractivity contribution in [3.05, 3.63) is 92.9 Å². The lowest BCUT2D eigenvalue weighted by atomic mass is 10.0. The van der Waals surface area contributed by atoms with Crippen molar-refractivity contribution in [3.63, 3.8) is 0 Å². The maximum atomic E-state index is 13.1. The topological polar surface area (TPSA) is 42.0 Å².